The normalized spacial score (nSPS) is 19.3. The zero-order valence-corrected chi connectivity index (χ0v) is 16.0. The average Bonchev–Trinajstić information content (AvgIpc) is 2.66. The SMILES string of the molecule is COc1ccccc1/C=C1\CS(=O)(=O)C/C(=C/c2ccccc2OC)C1=O. The highest BCUT2D eigenvalue weighted by Crippen LogP contribution is 2.28. The molecule has 0 radical (unpaired) electrons. The molecular weight excluding hydrogens is 364 g/mol. The van der Waals surface area contributed by atoms with Gasteiger partial charge in [-0.3, -0.25) is 4.79 Å². The molecule has 0 aromatic heterocycles. The van der Waals surface area contributed by atoms with Crippen LogP contribution in [0.3, 0.4) is 0 Å². The molecule has 6 heteroatoms. The van der Waals surface area contributed by atoms with Gasteiger partial charge in [0.1, 0.15) is 11.5 Å². The van der Waals surface area contributed by atoms with E-state index in [1.165, 1.54) is 14.2 Å². The summed E-state index contributed by atoms with van der Waals surface area (Å²) in [4.78, 5) is 12.9. The molecule has 27 heavy (non-hydrogen) atoms. The van der Waals surface area contributed by atoms with Crippen LogP contribution < -0.4 is 9.47 Å². The van der Waals surface area contributed by atoms with Crippen LogP contribution in [0, 0.1) is 0 Å². The van der Waals surface area contributed by atoms with Crippen LogP contribution in [0.1, 0.15) is 11.1 Å². The maximum Gasteiger partial charge on any atom is 0.187 e. The van der Waals surface area contributed by atoms with E-state index in [1.54, 1.807) is 36.4 Å². The largest absolute Gasteiger partial charge is 0.496 e. The molecule has 3 rings (SSSR count). The van der Waals surface area contributed by atoms with Gasteiger partial charge in [0.25, 0.3) is 0 Å². The molecule has 0 bridgehead atoms. The minimum Gasteiger partial charge on any atom is -0.496 e. The van der Waals surface area contributed by atoms with Crippen LogP contribution in [0.15, 0.2) is 59.7 Å². The fraction of sp³-hybridized carbons (Fsp3) is 0.190. The highest BCUT2D eigenvalue weighted by Gasteiger charge is 2.31. The number of carbonyl (C=O) groups is 1. The van der Waals surface area contributed by atoms with Crippen LogP contribution in [0.2, 0.25) is 0 Å². The van der Waals surface area contributed by atoms with Crippen molar-refractivity contribution in [3.8, 4) is 11.5 Å². The van der Waals surface area contributed by atoms with Crippen LogP contribution in [-0.2, 0) is 14.6 Å². The van der Waals surface area contributed by atoms with E-state index in [2.05, 4.69) is 0 Å². The predicted molar refractivity (Wildman–Crippen MR) is 106 cm³/mol. The van der Waals surface area contributed by atoms with Crippen molar-refractivity contribution in [2.75, 3.05) is 25.7 Å². The van der Waals surface area contributed by atoms with Crippen molar-refractivity contribution in [3.05, 3.63) is 70.8 Å². The average molecular weight is 384 g/mol. The van der Waals surface area contributed by atoms with Crippen LogP contribution in [0.4, 0.5) is 0 Å². The van der Waals surface area contributed by atoms with E-state index in [4.69, 9.17) is 9.47 Å². The molecule has 140 valence electrons. The van der Waals surface area contributed by atoms with Crippen molar-refractivity contribution in [1.29, 1.82) is 0 Å². The Labute approximate surface area is 158 Å². The van der Waals surface area contributed by atoms with E-state index in [1.807, 2.05) is 24.3 Å². The second-order valence-electron chi connectivity index (χ2n) is 6.18. The number of carbonyl (C=O) groups excluding carboxylic acids is 1. The molecule has 2 aromatic carbocycles. The van der Waals surface area contributed by atoms with E-state index >= 15 is 0 Å². The Balaban J connectivity index is 2.06. The molecule has 1 heterocycles. The third kappa shape index (κ3) is 4.28. The van der Waals surface area contributed by atoms with Gasteiger partial charge in [0, 0.05) is 22.3 Å². The Kier molecular flexibility index (Phi) is 5.46. The van der Waals surface area contributed by atoms with Crippen molar-refractivity contribution in [2.45, 2.75) is 0 Å². The third-order valence-corrected chi connectivity index (χ3v) is 5.77. The van der Waals surface area contributed by atoms with Gasteiger partial charge in [-0.2, -0.15) is 0 Å². The summed E-state index contributed by atoms with van der Waals surface area (Å²) in [6, 6.07) is 14.3. The van der Waals surface area contributed by atoms with E-state index in [0.29, 0.717) is 22.6 Å². The number of ketones is 1. The monoisotopic (exact) mass is 384 g/mol. The van der Waals surface area contributed by atoms with Crippen molar-refractivity contribution < 1.29 is 22.7 Å². The van der Waals surface area contributed by atoms with Crippen LogP contribution >= 0.6 is 0 Å². The molecule has 2 aromatic rings. The second-order valence-corrected chi connectivity index (χ2v) is 8.25. The predicted octanol–water partition coefficient (Wildman–Crippen LogP) is 3.17. The lowest BCUT2D eigenvalue weighted by molar-refractivity contribution is -0.112. The molecule has 1 aliphatic heterocycles. The maximum absolute atomic E-state index is 12.9. The molecule has 1 aliphatic rings. The van der Waals surface area contributed by atoms with E-state index in [9.17, 15) is 13.2 Å². The molecule has 0 N–H and O–H groups in total. The molecular formula is C21H20O5S. The van der Waals surface area contributed by atoms with E-state index in [0.717, 1.165) is 0 Å². The summed E-state index contributed by atoms with van der Waals surface area (Å²) in [6.07, 6.45) is 3.18. The molecule has 1 saturated heterocycles. The summed E-state index contributed by atoms with van der Waals surface area (Å²) in [6.45, 7) is 0. The molecule has 0 unspecified atom stereocenters. The number of benzene rings is 2. The Morgan fingerprint density at radius 3 is 1.59 bits per heavy atom. The van der Waals surface area contributed by atoms with Gasteiger partial charge < -0.3 is 9.47 Å². The number of hydrogen-bond donors (Lipinski definition) is 0. The molecule has 0 atom stereocenters. The molecule has 0 amide bonds. The van der Waals surface area contributed by atoms with Crippen LogP contribution in [-0.4, -0.2) is 39.9 Å². The number of sulfone groups is 1. The Morgan fingerprint density at radius 1 is 0.778 bits per heavy atom. The van der Waals surface area contributed by atoms with Gasteiger partial charge in [-0.05, 0) is 24.3 Å². The van der Waals surface area contributed by atoms with Crippen LogP contribution in [0.5, 0.6) is 11.5 Å². The van der Waals surface area contributed by atoms with E-state index < -0.39 is 9.84 Å². The second kappa shape index (κ2) is 7.80. The zero-order valence-electron chi connectivity index (χ0n) is 15.1. The van der Waals surface area contributed by atoms with Gasteiger partial charge in [0.2, 0.25) is 0 Å². The fourth-order valence-electron chi connectivity index (χ4n) is 3.02. The number of methoxy groups -OCH3 is 2. The minimum atomic E-state index is -3.43. The van der Waals surface area contributed by atoms with Gasteiger partial charge in [-0.1, -0.05) is 36.4 Å². The Morgan fingerprint density at radius 2 is 1.19 bits per heavy atom. The van der Waals surface area contributed by atoms with Gasteiger partial charge in [-0.15, -0.1) is 0 Å². The quantitative estimate of drug-likeness (QED) is 0.758. The summed E-state index contributed by atoms with van der Waals surface area (Å²) in [5.74, 6) is 0.314. The highest BCUT2D eigenvalue weighted by molar-refractivity contribution is 7.92. The summed E-state index contributed by atoms with van der Waals surface area (Å²) in [7, 11) is -0.369. The molecule has 1 fully saturated rings. The van der Waals surface area contributed by atoms with E-state index in [-0.39, 0.29) is 28.4 Å². The van der Waals surface area contributed by atoms with Crippen molar-refractivity contribution in [1.82, 2.24) is 0 Å². The van der Waals surface area contributed by atoms with Crippen molar-refractivity contribution >= 4 is 27.8 Å². The molecule has 5 nitrogen and oxygen atoms in total. The number of para-hydroxylation sites is 2. The topological polar surface area (TPSA) is 69.7 Å². The van der Waals surface area contributed by atoms with Gasteiger partial charge in [-0.25, -0.2) is 8.42 Å². The smallest absolute Gasteiger partial charge is 0.187 e. The number of rotatable bonds is 4. The summed E-state index contributed by atoms with van der Waals surface area (Å²) < 4.78 is 35.4. The molecule has 0 aliphatic carbocycles. The molecule has 0 saturated carbocycles. The first-order chi connectivity index (χ1) is 12.9. The standard InChI is InChI=1S/C21H20O5S/c1-25-19-9-5-3-7-15(19)11-17-13-27(23,24)14-18(21(17)22)12-16-8-4-6-10-20(16)26-2/h3-12H,13-14H2,1-2H3/b17-11-,18-12+. The highest BCUT2D eigenvalue weighted by atomic mass is 32.2. The number of Topliss-reactive ketones (excluding diaryl/α,β-unsaturated/α-hetero) is 1. The maximum atomic E-state index is 12.9. The van der Waals surface area contributed by atoms with Gasteiger partial charge in [0.15, 0.2) is 15.6 Å². The number of hydrogen-bond acceptors (Lipinski definition) is 5. The lowest BCUT2D eigenvalue weighted by Crippen LogP contribution is -2.28. The first-order valence-corrected chi connectivity index (χ1v) is 10.2. The van der Waals surface area contributed by atoms with Crippen molar-refractivity contribution in [3.63, 3.8) is 0 Å². The Hall–Kier alpha value is -2.86. The summed E-state index contributed by atoms with van der Waals surface area (Å²) in [5, 5.41) is 0. The third-order valence-electron chi connectivity index (χ3n) is 4.27. The van der Waals surface area contributed by atoms with Gasteiger partial charge >= 0.3 is 0 Å². The molecule has 0 spiro atoms. The van der Waals surface area contributed by atoms with Gasteiger partial charge in [0.05, 0.1) is 25.7 Å². The van der Waals surface area contributed by atoms with Crippen LogP contribution in [0.25, 0.3) is 12.2 Å². The fourth-order valence-corrected chi connectivity index (χ4v) is 4.50. The number of ether oxygens (including phenoxy) is 2. The lowest BCUT2D eigenvalue weighted by atomic mass is 10.00. The zero-order chi connectivity index (χ0) is 19.4. The first kappa shape index (κ1) is 18.9. The summed E-state index contributed by atoms with van der Waals surface area (Å²) >= 11 is 0. The first-order valence-electron chi connectivity index (χ1n) is 8.36. The Bertz CT molecular complexity index is 957. The minimum absolute atomic E-state index is 0.229. The lowest BCUT2D eigenvalue weighted by Gasteiger charge is -2.18. The summed E-state index contributed by atoms with van der Waals surface area (Å²) in [5.41, 5.74) is 1.79. The van der Waals surface area contributed by atoms with Crippen molar-refractivity contribution in [2.24, 2.45) is 0 Å².